The molecule has 154 valence electrons. The van der Waals surface area contributed by atoms with Crippen molar-refractivity contribution in [2.45, 2.75) is 31.2 Å². The number of hydrogen-bond donors (Lipinski definition) is 1. The Balaban J connectivity index is 1.33. The minimum absolute atomic E-state index is 0.0924. The molecule has 1 aliphatic heterocycles. The molecule has 2 aromatic rings. The standard InChI is InChI=1S/C21H25N3O4S/c1-15-12-19(23-17-7-3-2-6-16(15)17)29-14-21(27)28-13-18(25)22-9-5-11-24-10-4-8-20(24)26/h2-3,6-7,12H,4-5,8-11,13-14H2,1H3,(H,22,25). The highest BCUT2D eigenvalue weighted by atomic mass is 32.2. The first kappa shape index (κ1) is 21.1. The van der Waals surface area contributed by atoms with Crippen molar-refractivity contribution < 1.29 is 19.1 Å². The lowest BCUT2D eigenvalue weighted by atomic mass is 10.1. The van der Waals surface area contributed by atoms with E-state index < -0.39 is 5.97 Å². The van der Waals surface area contributed by atoms with Crippen LogP contribution >= 0.6 is 11.8 Å². The molecule has 0 radical (unpaired) electrons. The fraction of sp³-hybridized carbons (Fsp3) is 0.429. The second-order valence-corrected chi connectivity index (χ2v) is 7.93. The maximum Gasteiger partial charge on any atom is 0.316 e. The molecule has 0 bridgehead atoms. The number of rotatable bonds is 9. The van der Waals surface area contributed by atoms with Crippen LogP contribution in [-0.4, -0.2) is 59.7 Å². The average Bonchev–Trinajstić information content (AvgIpc) is 3.13. The van der Waals surface area contributed by atoms with E-state index in [9.17, 15) is 14.4 Å². The Labute approximate surface area is 174 Å². The highest BCUT2D eigenvalue weighted by Crippen LogP contribution is 2.23. The van der Waals surface area contributed by atoms with Gasteiger partial charge in [0.2, 0.25) is 5.91 Å². The zero-order valence-corrected chi connectivity index (χ0v) is 17.3. The number of pyridine rings is 1. The second-order valence-electron chi connectivity index (χ2n) is 6.93. The van der Waals surface area contributed by atoms with Crippen molar-refractivity contribution in [3.63, 3.8) is 0 Å². The van der Waals surface area contributed by atoms with Gasteiger partial charge in [-0.2, -0.15) is 0 Å². The Morgan fingerprint density at radius 2 is 2.14 bits per heavy atom. The zero-order valence-electron chi connectivity index (χ0n) is 16.5. The van der Waals surface area contributed by atoms with Gasteiger partial charge in [0.1, 0.15) is 0 Å². The molecule has 1 aromatic carbocycles. The quantitative estimate of drug-likeness (QED) is 0.384. The maximum absolute atomic E-state index is 11.9. The summed E-state index contributed by atoms with van der Waals surface area (Å²) < 4.78 is 5.03. The number of fused-ring (bicyclic) bond motifs is 1. The van der Waals surface area contributed by atoms with Crippen LogP contribution in [0.4, 0.5) is 0 Å². The molecular weight excluding hydrogens is 390 g/mol. The lowest BCUT2D eigenvalue weighted by Gasteiger charge is -2.15. The number of aromatic nitrogens is 1. The summed E-state index contributed by atoms with van der Waals surface area (Å²) >= 11 is 1.29. The molecule has 0 unspecified atom stereocenters. The van der Waals surface area contributed by atoms with E-state index in [4.69, 9.17) is 4.74 Å². The molecule has 1 fully saturated rings. The Morgan fingerprint density at radius 3 is 2.93 bits per heavy atom. The van der Waals surface area contributed by atoms with Crippen LogP contribution < -0.4 is 5.32 Å². The molecule has 0 spiro atoms. The van der Waals surface area contributed by atoms with E-state index >= 15 is 0 Å². The van der Waals surface area contributed by atoms with Crippen LogP contribution in [0.25, 0.3) is 10.9 Å². The van der Waals surface area contributed by atoms with Crippen molar-refractivity contribution in [3.05, 3.63) is 35.9 Å². The van der Waals surface area contributed by atoms with Crippen molar-refractivity contribution in [1.82, 2.24) is 15.2 Å². The van der Waals surface area contributed by atoms with Crippen molar-refractivity contribution in [3.8, 4) is 0 Å². The summed E-state index contributed by atoms with van der Waals surface area (Å²) in [6.45, 7) is 3.61. The average molecular weight is 416 g/mol. The fourth-order valence-corrected chi connectivity index (χ4v) is 3.97. The largest absolute Gasteiger partial charge is 0.455 e. The number of amides is 2. The van der Waals surface area contributed by atoms with Gasteiger partial charge in [-0.3, -0.25) is 14.4 Å². The summed E-state index contributed by atoms with van der Waals surface area (Å²) in [4.78, 5) is 41.6. The van der Waals surface area contributed by atoms with Crippen LogP contribution in [0.15, 0.2) is 35.4 Å². The van der Waals surface area contributed by atoms with Crippen LogP contribution in [-0.2, 0) is 19.1 Å². The normalized spacial score (nSPS) is 13.7. The summed E-state index contributed by atoms with van der Waals surface area (Å²) in [7, 11) is 0. The third-order valence-electron chi connectivity index (χ3n) is 4.70. The van der Waals surface area contributed by atoms with Gasteiger partial charge < -0.3 is 15.0 Å². The number of aryl methyl sites for hydroxylation is 1. The summed E-state index contributed by atoms with van der Waals surface area (Å²) in [5.74, 6) is -0.523. The summed E-state index contributed by atoms with van der Waals surface area (Å²) in [6, 6.07) is 9.80. The molecular formula is C21H25N3O4S. The van der Waals surface area contributed by atoms with E-state index in [1.165, 1.54) is 11.8 Å². The first-order valence-corrected chi connectivity index (χ1v) is 10.7. The van der Waals surface area contributed by atoms with Gasteiger partial charge in [0.05, 0.1) is 16.3 Å². The molecule has 3 rings (SSSR count). The Bertz CT molecular complexity index is 903. The Morgan fingerprint density at radius 1 is 1.31 bits per heavy atom. The minimum Gasteiger partial charge on any atom is -0.455 e. The lowest BCUT2D eigenvalue weighted by Crippen LogP contribution is -2.33. The molecule has 0 atom stereocenters. The molecule has 8 heteroatoms. The molecule has 2 heterocycles. The van der Waals surface area contributed by atoms with Crippen molar-refractivity contribution in [2.75, 3.05) is 32.0 Å². The highest BCUT2D eigenvalue weighted by Gasteiger charge is 2.19. The third-order valence-corrected chi connectivity index (χ3v) is 5.58. The summed E-state index contributed by atoms with van der Waals surface area (Å²) in [5, 5.41) is 4.54. The fourth-order valence-electron chi connectivity index (χ4n) is 3.20. The number of esters is 1. The van der Waals surface area contributed by atoms with Gasteiger partial charge in [0.15, 0.2) is 6.61 Å². The van der Waals surface area contributed by atoms with E-state index in [1.807, 2.05) is 42.2 Å². The number of benzene rings is 1. The first-order valence-electron chi connectivity index (χ1n) is 9.72. The van der Waals surface area contributed by atoms with E-state index in [1.54, 1.807) is 0 Å². The van der Waals surface area contributed by atoms with E-state index in [-0.39, 0.29) is 24.2 Å². The summed E-state index contributed by atoms with van der Waals surface area (Å²) in [5.41, 5.74) is 1.99. The number of nitrogens with zero attached hydrogens (tertiary/aromatic N) is 2. The van der Waals surface area contributed by atoms with Crippen LogP contribution in [0.1, 0.15) is 24.8 Å². The van der Waals surface area contributed by atoms with Crippen molar-refractivity contribution >= 4 is 40.4 Å². The minimum atomic E-state index is -0.458. The molecule has 7 nitrogen and oxygen atoms in total. The van der Waals surface area contributed by atoms with E-state index in [0.717, 1.165) is 34.5 Å². The third kappa shape index (κ3) is 6.19. The van der Waals surface area contributed by atoms with Gasteiger partial charge in [0, 0.05) is 31.4 Å². The Kier molecular flexibility index (Phi) is 7.46. The predicted octanol–water partition coefficient (Wildman–Crippen LogP) is 2.31. The molecule has 29 heavy (non-hydrogen) atoms. The summed E-state index contributed by atoms with van der Waals surface area (Å²) in [6.07, 6.45) is 2.22. The smallest absolute Gasteiger partial charge is 0.316 e. The van der Waals surface area contributed by atoms with Crippen LogP contribution in [0.3, 0.4) is 0 Å². The highest BCUT2D eigenvalue weighted by molar-refractivity contribution is 7.99. The van der Waals surface area contributed by atoms with Gasteiger partial charge in [0.25, 0.3) is 5.91 Å². The lowest BCUT2D eigenvalue weighted by molar-refractivity contribution is -0.145. The molecule has 1 aliphatic rings. The zero-order chi connectivity index (χ0) is 20.6. The molecule has 2 amide bonds. The van der Waals surface area contributed by atoms with Gasteiger partial charge in [-0.25, -0.2) is 4.98 Å². The molecule has 1 saturated heterocycles. The molecule has 0 aliphatic carbocycles. The van der Waals surface area contributed by atoms with Crippen LogP contribution in [0.5, 0.6) is 0 Å². The SMILES string of the molecule is Cc1cc(SCC(=O)OCC(=O)NCCCN2CCCC2=O)nc2ccccc12. The number of hydrogen-bond acceptors (Lipinski definition) is 6. The number of nitrogens with one attached hydrogen (secondary N) is 1. The monoisotopic (exact) mass is 415 g/mol. The maximum atomic E-state index is 11.9. The second kappa shape index (κ2) is 10.2. The Hall–Kier alpha value is -2.61. The number of ether oxygens (including phenoxy) is 1. The van der Waals surface area contributed by atoms with Crippen LogP contribution in [0, 0.1) is 6.92 Å². The number of thioether (sulfide) groups is 1. The van der Waals surface area contributed by atoms with E-state index in [0.29, 0.717) is 25.9 Å². The van der Waals surface area contributed by atoms with Crippen LogP contribution in [0.2, 0.25) is 0 Å². The molecule has 0 saturated carbocycles. The van der Waals surface area contributed by atoms with E-state index in [2.05, 4.69) is 10.3 Å². The predicted molar refractivity (Wildman–Crippen MR) is 112 cm³/mol. The van der Waals surface area contributed by atoms with Gasteiger partial charge in [-0.05, 0) is 37.5 Å². The van der Waals surface area contributed by atoms with Gasteiger partial charge in [-0.1, -0.05) is 30.0 Å². The number of para-hydroxylation sites is 1. The number of likely N-dealkylation sites (tertiary alicyclic amines) is 1. The first-order chi connectivity index (χ1) is 14.0. The van der Waals surface area contributed by atoms with Gasteiger partial charge >= 0.3 is 5.97 Å². The van der Waals surface area contributed by atoms with Gasteiger partial charge in [-0.15, -0.1) is 0 Å². The molecule has 1 aromatic heterocycles. The van der Waals surface area contributed by atoms with Crippen molar-refractivity contribution in [1.29, 1.82) is 0 Å². The number of carbonyl (C=O) groups is 3. The number of carbonyl (C=O) groups excluding carboxylic acids is 3. The molecule has 1 N–H and O–H groups in total. The topological polar surface area (TPSA) is 88.6 Å². The van der Waals surface area contributed by atoms with Crippen molar-refractivity contribution in [2.24, 2.45) is 0 Å².